The maximum atomic E-state index is 11.7. The van der Waals surface area contributed by atoms with Crippen LogP contribution in [0.4, 0.5) is 17.3 Å². The van der Waals surface area contributed by atoms with Crippen LogP contribution in [0.1, 0.15) is 13.8 Å². The summed E-state index contributed by atoms with van der Waals surface area (Å²) in [5.41, 5.74) is 1.76. The number of nitrogens with two attached hydrogens (primary N) is 1. The van der Waals surface area contributed by atoms with E-state index in [1.54, 1.807) is 0 Å². The van der Waals surface area contributed by atoms with Crippen LogP contribution >= 0.6 is 0 Å². The number of hydrazine groups is 1. The fourth-order valence-electron chi connectivity index (χ4n) is 1.58. The Morgan fingerprint density at radius 2 is 2.20 bits per heavy atom. The number of carbonyl (C=O) groups is 1. The number of hydrogen-bond acceptors (Lipinski definition) is 8. The van der Waals surface area contributed by atoms with Gasteiger partial charge in [0.05, 0.1) is 11.5 Å². The van der Waals surface area contributed by atoms with Gasteiger partial charge >= 0.3 is 5.69 Å². The molecule has 0 radical (unpaired) electrons. The Morgan fingerprint density at radius 3 is 2.70 bits per heavy atom. The van der Waals surface area contributed by atoms with Crippen LogP contribution in [0.3, 0.4) is 0 Å². The van der Waals surface area contributed by atoms with Crippen LogP contribution in [0.5, 0.6) is 0 Å². The molecule has 0 atom stereocenters. The van der Waals surface area contributed by atoms with Gasteiger partial charge in [-0.3, -0.25) is 14.9 Å². The first-order valence-electron chi connectivity index (χ1n) is 5.83. The molecule has 1 aromatic heterocycles. The lowest BCUT2D eigenvalue weighted by atomic mass is 10.3. The van der Waals surface area contributed by atoms with Crippen molar-refractivity contribution < 1.29 is 9.72 Å². The molecule has 1 aromatic rings. The first-order chi connectivity index (χ1) is 9.36. The Bertz CT molecular complexity index is 506. The predicted octanol–water partition coefficient (Wildman–Crippen LogP) is -0.369. The quantitative estimate of drug-likeness (QED) is 0.365. The highest BCUT2D eigenvalue weighted by Gasteiger charge is 2.26. The van der Waals surface area contributed by atoms with Crippen molar-refractivity contribution in [3.05, 3.63) is 16.4 Å². The molecule has 0 spiro atoms. The third-order valence-electron chi connectivity index (χ3n) is 2.31. The second-order valence-corrected chi connectivity index (χ2v) is 4.37. The van der Waals surface area contributed by atoms with Crippen LogP contribution in [0, 0.1) is 10.1 Å². The predicted molar refractivity (Wildman–Crippen MR) is 73.0 cm³/mol. The summed E-state index contributed by atoms with van der Waals surface area (Å²) in [5, 5.41) is 13.8. The summed E-state index contributed by atoms with van der Waals surface area (Å²) in [5.74, 6) is 4.81. The number of nitrogens with zero attached hydrogens (tertiary/aromatic N) is 4. The minimum absolute atomic E-state index is 0.0110. The number of carbonyl (C=O) groups excluding carboxylic acids is 1. The minimum Gasteiger partial charge on any atom is -0.352 e. The number of nitrogens with one attached hydrogen (secondary N) is 2. The molecule has 1 rings (SSSR count). The van der Waals surface area contributed by atoms with Crippen molar-refractivity contribution in [1.82, 2.24) is 15.3 Å². The number of hydrogen-bond donors (Lipinski definition) is 3. The van der Waals surface area contributed by atoms with Gasteiger partial charge in [0, 0.05) is 13.1 Å². The number of nitro groups is 1. The number of rotatable bonds is 6. The van der Waals surface area contributed by atoms with Gasteiger partial charge < -0.3 is 15.6 Å². The fourth-order valence-corrected chi connectivity index (χ4v) is 1.58. The number of amides is 1. The molecule has 0 saturated carbocycles. The molecule has 0 aromatic carbocycles. The van der Waals surface area contributed by atoms with E-state index in [4.69, 9.17) is 5.84 Å². The maximum absolute atomic E-state index is 11.7. The van der Waals surface area contributed by atoms with Crippen LogP contribution in [0.2, 0.25) is 0 Å². The average molecular weight is 283 g/mol. The van der Waals surface area contributed by atoms with Crippen LogP contribution in [0.25, 0.3) is 0 Å². The Morgan fingerprint density at radius 1 is 1.55 bits per heavy atom. The zero-order chi connectivity index (χ0) is 15.3. The average Bonchev–Trinajstić information content (AvgIpc) is 2.36. The molecule has 0 aliphatic carbocycles. The standard InChI is InChI=1S/C10H17N7O3/c1-6(2)14-7(18)4-16(3)10-8(17(19)20)9(15-11)12-5-13-10/h5-6H,4,11H2,1-3H3,(H,14,18)(H,12,13,15). The maximum Gasteiger partial charge on any atom is 0.354 e. The van der Waals surface area contributed by atoms with E-state index in [1.807, 2.05) is 13.8 Å². The Balaban J connectivity index is 3.01. The first-order valence-corrected chi connectivity index (χ1v) is 5.83. The van der Waals surface area contributed by atoms with Gasteiger partial charge in [-0.05, 0) is 13.8 Å². The van der Waals surface area contributed by atoms with Gasteiger partial charge in [0.2, 0.25) is 17.5 Å². The van der Waals surface area contributed by atoms with Crippen molar-refractivity contribution in [3.8, 4) is 0 Å². The summed E-state index contributed by atoms with van der Waals surface area (Å²) >= 11 is 0. The van der Waals surface area contributed by atoms with Gasteiger partial charge in [-0.1, -0.05) is 0 Å². The van der Waals surface area contributed by atoms with E-state index in [0.717, 1.165) is 6.33 Å². The zero-order valence-electron chi connectivity index (χ0n) is 11.5. The fraction of sp³-hybridized carbons (Fsp3) is 0.500. The summed E-state index contributed by atoms with van der Waals surface area (Å²) in [4.78, 5) is 31.0. The number of nitrogen functional groups attached to an aromatic ring is 1. The SMILES string of the molecule is CC(C)NC(=O)CN(C)c1ncnc(NN)c1[N+](=O)[O-]. The smallest absolute Gasteiger partial charge is 0.352 e. The van der Waals surface area contributed by atoms with Crippen LogP contribution in [-0.2, 0) is 4.79 Å². The normalized spacial score (nSPS) is 10.2. The van der Waals surface area contributed by atoms with Gasteiger partial charge in [0.1, 0.15) is 6.33 Å². The van der Waals surface area contributed by atoms with E-state index in [1.165, 1.54) is 11.9 Å². The molecule has 1 amide bonds. The highest BCUT2D eigenvalue weighted by atomic mass is 16.6. The van der Waals surface area contributed by atoms with Crippen molar-refractivity contribution in [2.45, 2.75) is 19.9 Å². The number of likely N-dealkylation sites (N-methyl/N-ethyl adjacent to an activating group) is 1. The molecular weight excluding hydrogens is 266 g/mol. The zero-order valence-corrected chi connectivity index (χ0v) is 11.5. The Kier molecular flexibility index (Phi) is 5.15. The third-order valence-corrected chi connectivity index (χ3v) is 2.31. The van der Waals surface area contributed by atoms with Gasteiger partial charge in [-0.2, -0.15) is 0 Å². The van der Waals surface area contributed by atoms with Gasteiger partial charge in [-0.15, -0.1) is 0 Å². The molecule has 20 heavy (non-hydrogen) atoms. The minimum atomic E-state index is -0.651. The number of anilines is 2. The molecule has 0 aliphatic heterocycles. The molecule has 0 bridgehead atoms. The summed E-state index contributed by atoms with van der Waals surface area (Å²) in [6, 6.07) is -0.0162. The van der Waals surface area contributed by atoms with Crippen LogP contribution in [0.15, 0.2) is 6.33 Å². The molecule has 4 N–H and O–H groups in total. The molecule has 10 nitrogen and oxygen atoms in total. The lowest BCUT2D eigenvalue weighted by Crippen LogP contribution is -2.39. The molecule has 0 unspecified atom stereocenters. The molecule has 1 heterocycles. The van der Waals surface area contributed by atoms with E-state index in [0.29, 0.717) is 0 Å². The molecule has 0 saturated heterocycles. The summed E-state index contributed by atoms with van der Waals surface area (Å²) < 4.78 is 0. The van der Waals surface area contributed by atoms with E-state index in [-0.39, 0.29) is 35.8 Å². The van der Waals surface area contributed by atoms with Gasteiger partial charge in [0.15, 0.2) is 0 Å². The summed E-state index contributed by atoms with van der Waals surface area (Å²) in [6.07, 6.45) is 1.13. The van der Waals surface area contributed by atoms with Crippen molar-refractivity contribution in [2.75, 3.05) is 23.9 Å². The van der Waals surface area contributed by atoms with Crippen LogP contribution < -0.4 is 21.5 Å². The van der Waals surface area contributed by atoms with Crippen molar-refractivity contribution >= 4 is 23.2 Å². The molecule has 10 heteroatoms. The van der Waals surface area contributed by atoms with Crippen LogP contribution in [-0.4, -0.2) is 40.4 Å². The van der Waals surface area contributed by atoms with Crippen molar-refractivity contribution in [2.24, 2.45) is 5.84 Å². The summed E-state index contributed by atoms with van der Waals surface area (Å²) in [6.45, 7) is 3.57. The highest BCUT2D eigenvalue weighted by Crippen LogP contribution is 2.30. The van der Waals surface area contributed by atoms with E-state index >= 15 is 0 Å². The monoisotopic (exact) mass is 283 g/mol. The second kappa shape index (κ2) is 6.61. The molecule has 110 valence electrons. The van der Waals surface area contributed by atoms with Crippen molar-refractivity contribution in [1.29, 1.82) is 0 Å². The lowest BCUT2D eigenvalue weighted by molar-refractivity contribution is -0.383. The largest absolute Gasteiger partial charge is 0.354 e. The Hall–Kier alpha value is -2.49. The second-order valence-electron chi connectivity index (χ2n) is 4.37. The first kappa shape index (κ1) is 15.6. The molecule has 0 aliphatic rings. The van der Waals surface area contributed by atoms with E-state index in [9.17, 15) is 14.9 Å². The summed E-state index contributed by atoms with van der Waals surface area (Å²) in [7, 11) is 1.52. The van der Waals surface area contributed by atoms with E-state index < -0.39 is 4.92 Å². The third kappa shape index (κ3) is 3.75. The topological polar surface area (TPSA) is 139 Å². The van der Waals surface area contributed by atoms with Gasteiger partial charge in [-0.25, -0.2) is 15.8 Å². The Labute approximate surface area is 115 Å². The van der Waals surface area contributed by atoms with Gasteiger partial charge in [0.25, 0.3) is 0 Å². The lowest BCUT2D eigenvalue weighted by Gasteiger charge is -2.18. The number of aromatic nitrogens is 2. The van der Waals surface area contributed by atoms with E-state index in [2.05, 4.69) is 20.7 Å². The molecular formula is C10H17N7O3. The van der Waals surface area contributed by atoms with Crippen molar-refractivity contribution in [3.63, 3.8) is 0 Å². The highest BCUT2D eigenvalue weighted by molar-refractivity contribution is 5.82. The molecule has 0 fully saturated rings.